The highest BCUT2D eigenvalue weighted by Crippen LogP contribution is 2.28. The van der Waals surface area contributed by atoms with Gasteiger partial charge in [-0.05, 0) is 77.2 Å². The van der Waals surface area contributed by atoms with E-state index in [0.29, 0.717) is 23.0 Å². The Kier molecular flexibility index (Phi) is 8.51. The van der Waals surface area contributed by atoms with E-state index in [1.807, 2.05) is 32.0 Å². The lowest BCUT2D eigenvalue weighted by atomic mass is 10.0. The Balaban J connectivity index is 1.80. The van der Waals surface area contributed by atoms with Gasteiger partial charge in [0.25, 0.3) is 11.8 Å². The first-order valence-corrected chi connectivity index (χ1v) is 10.4. The highest BCUT2D eigenvalue weighted by atomic mass is 79.9. The first-order chi connectivity index (χ1) is 13.8. The number of rotatable bonds is 8. The molecule has 1 atom stereocenters. The Bertz CT molecular complexity index is 837. The van der Waals surface area contributed by atoms with Crippen LogP contribution in [0.25, 0.3) is 0 Å². The molecule has 0 spiro atoms. The van der Waals surface area contributed by atoms with E-state index in [2.05, 4.69) is 40.6 Å². The molecule has 1 unspecified atom stereocenters. The van der Waals surface area contributed by atoms with Gasteiger partial charge >= 0.3 is 0 Å². The largest absolute Gasteiger partial charge is 0.491 e. The first kappa shape index (κ1) is 22.7. The van der Waals surface area contributed by atoms with Gasteiger partial charge in [-0.15, -0.1) is 0 Å². The van der Waals surface area contributed by atoms with Crippen molar-refractivity contribution >= 4 is 27.7 Å². The zero-order valence-electron chi connectivity index (χ0n) is 17.1. The molecule has 2 rings (SSSR count). The number of hydrogen-bond acceptors (Lipinski definition) is 4. The molecular weight excluding hydrogens is 436 g/mol. The van der Waals surface area contributed by atoms with E-state index in [4.69, 9.17) is 9.47 Å². The molecule has 0 aliphatic carbocycles. The molecule has 0 heterocycles. The van der Waals surface area contributed by atoms with Crippen molar-refractivity contribution in [2.75, 3.05) is 6.61 Å². The van der Waals surface area contributed by atoms with Crippen molar-refractivity contribution in [3.63, 3.8) is 0 Å². The fraction of sp³-hybridized carbons (Fsp3) is 0.364. The lowest BCUT2D eigenvalue weighted by Crippen LogP contribution is -2.43. The van der Waals surface area contributed by atoms with Crippen LogP contribution in [0.5, 0.6) is 11.5 Å². The van der Waals surface area contributed by atoms with Gasteiger partial charge < -0.3 is 9.47 Å². The highest BCUT2D eigenvalue weighted by Gasteiger charge is 2.11. The number of halogens is 1. The van der Waals surface area contributed by atoms with Crippen LogP contribution >= 0.6 is 15.9 Å². The summed E-state index contributed by atoms with van der Waals surface area (Å²) in [6, 6.07) is 12.5. The summed E-state index contributed by atoms with van der Waals surface area (Å²) >= 11 is 3.45. The van der Waals surface area contributed by atoms with Crippen molar-refractivity contribution in [2.24, 2.45) is 0 Å². The van der Waals surface area contributed by atoms with Crippen LogP contribution in [0, 0.1) is 0 Å². The average molecular weight is 463 g/mol. The smallest absolute Gasteiger partial charge is 0.276 e. The Labute approximate surface area is 180 Å². The van der Waals surface area contributed by atoms with Gasteiger partial charge in [0.1, 0.15) is 11.5 Å². The maximum absolute atomic E-state index is 12.2. The van der Waals surface area contributed by atoms with Gasteiger partial charge in [-0.25, -0.2) is 0 Å². The van der Waals surface area contributed by atoms with E-state index in [1.165, 1.54) is 5.56 Å². The zero-order valence-corrected chi connectivity index (χ0v) is 18.7. The molecule has 0 saturated carbocycles. The SMILES string of the molecule is CCC(C)Oc1ccc(C(=O)NNC(=O)COc2ccc(C(C)C)cc2Br)cc1. The number of hydrazine groups is 1. The predicted molar refractivity (Wildman–Crippen MR) is 116 cm³/mol. The summed E-state index contributed by atoms with van der Waals surface area (Å²) in [5.74, 6) is 0.774. The highest BCUT2D eigenvalue weighted by molar-refractivity contribution is 9.10. The number of nitrogens with one attached hydrogen (secondary N) is 2. The van der Waals surface area contributed by atoms with Gasteiger partial charge in [-0.1, -0.05) is 26.8 Å². The van der Waals surface area contributed by atoms with E-state index in [9.17, 15) is 9.59 Å². The zero-order chi connectivity index (χ0) is 21.4. The van der Waals surface area contributed by atoms with Gasteiger partial charge in [-0.3, -0.25) is 20.4 Å². The van der Waals surface area contributed by atoms with Crippen LogP contribution in [0.3, 0.4) is 0 Å². The molecular formula is C22H27BrN2O4. The molecule has 0 bridgehead atoms. The Morgan fingerprint density at radius 1 is 1.03 bits per heavy atom. The first-order valence-electron chi connectivity index (χ1n) is 9.58. The second kappa shape index (κ2) is 10.9. The summed E-state index contributed by atoms with van der Waals surface area (Å²) in [4.78, 5) is 24.1. The van der Waals surface area contributed by atoms with Crippen molar-refractivity contribution in [1.82, 2.24) is 10.9 Å². The second-order valence-electron chi connectivity index (χ2n) is 7.00. The topological polar surface area (TPSA) is 76.7 Å². The minimum atomic E-state index is -0.463. The van der Waals surface area contributed by atoms with Gasteiger partial charge in [0.15, 0.2) is 6.61 Å². The van der Waals surface area contributed by atoms with Crippen molar-refractivity contribution in [3.05, 3.63) is 58.1 Å². The summed E-state index contributed by atoms with van der Waals surface area (Å²) < 4.78 is 12.0. The van der Waals surface area contributed by atoms with Gasteiger partial charge in [0.05, 0.1) is 10.6 Å². The monoisotopic (exact) mass is 462 g/mol. The minimum Gasteiger partial charge on any atom is -0.491 e. The van der Waals surface area contributed by atoms with E-state index in [-0.39, 0.29) is 12.7 Å². The molecule has 156 valence electrons. The van der Waals surface area contributed by atoms with Crippen molar-refractivity contribution in [3.8, 4) is 11.5 Å². The molecule has 2 aromatic carbocycles. The molecule has 2 amide bonds. The molecule has 2 aromatic rings. The van der Waals surface area contributed by atoms with E-state index < -0.39 is 11.8 Å². The lowest BCUT2D eigenvalue weighted by Gasteiger charge is -2.13. The number of carbonyl (C=O) groups is 2. The van der Waals surface area contributed by atoms with Gasteiger partial charge in [-0.2, -0.15) is 0 Å². The molecule has 2 N–H and O–H groups in total. The molecule has 0 aliphatic heterocycles. The number of hydrogen-bond donors (Lipinski definition) is 2. The predicted octanol–water partition coefficient (Wildman–Crippen LogP) is 4.59. The average Bonchev–Trinajstić information content (AvgIpc) is 2.71. The van der Waals surface area contributed by atoms with Crippen LogP contribution in [0.4, 0.5) is 0 Å². The van der Waals surface area contributed by atoms with Crippen LogP contribution in [0.15, 0.2) is 46.9 Å². The van der Waals surface area contributed by atoms with Crippen LogP contribution in [-0.4, -0.2) is 24.5 Å². The summed E-state index contributed by atoms with van der Waals surface area (Å²) in [6.45, 7) is 8.00. The molecule has 0 aliphatic rings. The minimum absolute atomic E-state index is 0.107. The third kappa shape index (κ3) is 7.09. The maximum atomic E-state index is 12.2. The second-order valence-corrected chi connectivity index (χ2v) is 7.85. The van der Waals surface area contributed by atoms with E-state index in [0.717, 1.165) is 10.9 Å². The standard InChI is InChI=1S/C22H27BrN2O4/c1-5-15(4)29-18-9-6-16(7-10-18)22(27)25-24-21(26)13-28-20-11-8-17(14(2)3)12-19(20)23/h6-12,14-15H,5,13H2,1-4H3,(H,24,26)(H,25,27). The Morgan fingerprint density at radius 3 is 2.31 bits per heavy atom. The summed E-state index contributed by atoms with van der Waals surface area (Å²) in [6.07, 6.45) is 1.00. The molecule has 0 aromatic heterocycles. The molecule has 0 fully saturated rings. The molecule has 0 radical (unpaired) electrons. The Hall–Kier alpha value is -2.54. The van der Waals surface area contributed by atoms with Gasteiger partial charge in [0, 0.05) is 5.56 Å². The van der Waals surface area contributed by atoms with Crippen LogP contribution < -0.4 is 20.3 Å². The Morgan fingerprint density at radius 2 is 1.72 bits per heavy atom. The normalized spacial score (nSPS) is 11.7. The summed E-state index contributed by atoms with van der Waals surface area (Å²) in [5.41, 5.74) is 6.30. The fourth-order valence-corrected chi connectivity index (χ4v) is 2.88. The van der Waals surface area contributed by atoms with Crippen molar-refractivity contribution < 1.29 is 19.1 Å². The van der Waals surface area contributed by atoms with Crippen molar-refractivity contribution in [2.45, 2.75) is 46.1 Å². The van der Waals surface area contributed by atoms with Crippen LogP contribution in [0.2, 0.25) is 0 Å². The number of amides is 2. The maximum Gasteiger partial charge on any atom is 0.276 e. The lowest BCUT2D eigenvalue weighted by molar-refractivity contribution is -0.123. The third-order valence-corrected chi connectivity index (χ3v) is 4.95. The van der Waals surface area contributed by atoms with E-state index in [1.54, 1.807) is 24.3 Å². The quantitative estimate of drug-likeness (QED) is 0.562. The molecule has 6 nitrogen and oxygen atoms in total. The number of ether oxygens (including phenoxy) is 2. The number of carbonyl (C=O) groups excluding carboxylic acids is 2. The molecule has 29 heavy (non-hydrogen) atoms. The third-order valence-electron chi connectivity index (χ3n) is 4.33. The molecule has 7 heteroatoms. The summed E-state index contributed by atoms with van der Waals surface area (Å²) in [5, 5.41) is 0. The van der Waals surface area contributed by atoms with Gasteiger partial charge in [0.2, 0.25) is 0 Å². The summed E-state index contributed by atoms with van der Waals surface area (Å²) in [7, 11) is 0. The number of benzene rings is 2. The van der Waals surface area contributed by atoms with E-state index >= 15 is 0 Å². The van der Waals surface area contributed by atoms with Crippen LogP contribution in [0.1, 0.15) is 56.0 Å². The fourth-order valence-electron chi connectivity index (χ4n) is 2.37. The van der Waals surface area contributed by atoms with Crippen LogP contribution in [-0.2, 0) is 4.79 Å². The van der Waals surface area contributed by atoms with Crippen molar-refractivity contribution in [1.29, 1.82) is 0 Å². The molecule has 0 saturated heterocycles.